The van der Waals surface area contributed by atoms with E-state index in [1.807, 2.05) is 43.3 Å². The Morgan fingerprint density at radius 2 is 1.74 bits per heavy atom. The average molecular weight is 441 g/mol. The molecule has 0 aliphatic heterocycles. The van der Waals surface area contributed by atoms with Crippen molar-refractivity contribution in [2.45, 2.75) is 19.9 Å². The van der Waals surface area contributed by atoms with Crippen molar-refractivity contribution in [3.05, 3.63) is 63.8 Å². The predicted molar refractivity (Wildman–Crippen MR) is 121 cm³/mol. The highest BCUT2D eigenvalue weighted by molar-refractivity contribution is 7.16. The number of hydrogen-bond donors (Lipinski definition) is 2. The van der Waals surface area contributed by atoms with Crippen LogP contribution in [0.25, 0.3) is 10.2 Å². The molecule has 8 nitrogen and oxygen atoms in total. The van der Waals surface area contributed by atoms with Gasteiger partial charge in [-0.15, -0.1) is 0 Å². The van der Waals surface area contributed by atoms with Crippen LogP contribution in [0.4, 0.5) is 5.69 Å². The lowest BCUT2D eigenvalue weighted by Gasteiger charge is -2.17. The molecule has 0 saturated heterocycles. The predicted octanol–water partition coefficient (Wildman–Crippen LogP) is 1.97. The van der Waals surface area contributed by atoms with Crippen molar-refractivity contribution < 1.29 is 14.4 Å². The molecule has 9 heteroatoms. The van der Waals surface area contributed by atoms with Crippen LogP contribution < -0.4 is 15.5 Å². The number of carbonyl (C=O) groups excluding carboxylic acids is 3. The summed E-state index contributed by atoms with van der Waals surface area (Å²) in [6.45, 7) is 2.53. The summed E-state index contributed by atoms with van der Waals surface area (Å²) in [5, 5.41) is 5.08. The zero-order chi connectivity index (χ0) is 22.4. The van der Waals surface area contributed by atoms with Gasteiger partial charge in [0, 0.05) is 25.8 Å². The van der Waals surface area contributed by atoms with Crippen molar-refractivity contribution in [2.75, 3.05) is 25.5 Å². The summed E-state index contributed by atoms with van der Waals surface area (Å²) in [6.07, 6.45) is 0.477. The number of nitrogens with one attached hydrogen (secondary N) is 2. The second kappa shape index (κ2) is 10.0. The number of amides is 3. The molecule has 0 radical (unpaired) electrons. The van der Waals surface area contributed by atoms with E-state index in [-0.39, 0.29) is 23.9 Å². The molecular formula is C22H24N4O4S. The van der Waals surface area contributed by atoms with Crippen molar-refractivity contribution in [2.24, 2.45) is 0 Å². The average Bonchev–Trinajstić information content (AvgIpc) is 3.07. The van der Waals surface area contributed by atoms with E-state index in [1.165, 1.54) is 9.47 Å². The quantitative estimate of drug-likeness (QED) is 0.433. The zero-order valence-corrected chi connectivity index (χ0v) is 18.2. The third kappa shape index (κ3) is 5.79. The summed E-state index contributed by atoms with van der Waals surface area (Å²) in [7, 11) is 1.65. The van der Waals surface area contributed by atoms with E-state index in [4.69, 9.17) is 0 Å². The molecule has 2 aromatic carbocycles. The maximum Gasteiger partial charge on any atom is 0.313 e. The van der Waals surface area contributed by atoms with Crippen LogP contribution >= 0.6 is 11.3 Å². The Balaban J connectivity index is 1.42. The van der Waals surface area contributed by atoms with Crippen LogP contribution in [0.15, 0.2) is 53.3 Å². The van der Waals surface area contributed by atoms with E-state index in [0.29, 0.717) is 18.7 Å². The minimum absolute atomic E-state index is 0.0370. The largest absolute Gasteiger partial charge is 0.348 e. The lowest BCUT2D eigenvalue weighted by atomic mass is 10.2. The summed E-state index contributed by atoms with van der Waals surface area (Å²) in [6, 6.07) is 14.5. The van der Waals surface area contributed by atoms with Crippen molar-refractivity contribution in [1.82, 2.24) is 14.8 Å². The molecule has 31 heavy (non-hydrogen) atoms. The van der Waals surface area contributed by atoms with Gasteiger partial charge in [0.05, 0.1) is 10.2 Å². The molecule has 0 saturated carbocycles. The van der Waals surface area contributed by atoms with E-state index in [0.717, 1.165) is 27.1 Å². The molecule has 0 bridgehead atoms. The van der Waals surface area contributed by atoms with Crippen LogP contribution in [0.5, 0.6) is 0 Å². The summed E-state index contributed by atoms with van der Waals surface area (Å²) < 4.78 is 2.31. The topological polar surface area (TPSA) is 101 Å². The summed E-state index contributed by atoms with van der Waals surface area (Å²) in [5.74, 6) is -1.67. The van der Waals surface area contributed by atoms with Crippen molar-refractivity contribution >= 4 is 45.0 Å². The first kappa shape index (κ1) is 22.2. The van der Waals surface area contributed by atoms with Crippen LogP contribution in [0, 0.1) is 6.92 Å². The summed E-state index contributed by atoms with van der Waals surface area (Å²) in [5.41, 5.74) is 2.34. The van der Waals surface area contributed by atoms with E-state index in [9.17, 15) is 19.2 Å². The normalized spacial score (nSPS) is 10.6. The number of fused-ring (bicyclic) bond motifs is 1. The van der Waals surface area contributed by atoms with Crippen LogP contribution in [-0.2, 0) is 20.9 Å². The van der Waals surface area contributed by atoms with E-state index >= 15 is 0 Å². The number of carbonyl (C=O) groups is 3. The van der Waals surface area contributed by atoms with Gasteiger partial charge in [-0.1, -0.05) is 41.2 Å². The number of para-hydroxylation sites is 1. The van der Waals surface area contributed by atoms with Gasteiger partial charge in [0.15, 0.2) is 0 Å². The smallest absolute Gasteiger partial charge is 0.313 e. The Bertz CT molecular complexity index is 1150. The van der Waals surface area contributed by atoms with E-state index in [2.05, 4.69) is 10.6 Å². The number of anilines is 1. The SMILES string of the molecule is Cc1ccc(NC(=O)C(=O)NCCCN(C)C(=O)Cn2c(=O)sc3ccccc32)cc1. The molecule has 0 aliphatic rings. The molecule has 0 fully saturated rings. The molecule has 2 N–H and O–H groups in total. The molecule has 0 aliphatic carbocycles. The van der Waals surface area contributed by atoms with Gasteiger partial charge in [-0.05, 0) is 37.6 Å². The second-order valence-electron chi connectivity index (χ2n) is 7.17. The van der Waals surface area contributed by atoms with Crippen molar-refractivity contribution in [3.8, 4) is 0 Å². The number of likely N-dealkylation sites (N-methyl/N-ethyl adjacent to an activating group) is 1. The van der Waals surface area contributed by atoms with E-state index < -0.39 is 11.8 Å². The fraction of sp³-hybridized carbons (Fsp3) is 0.273. The third-order valence-corrected chi connectivity index (χ3v) is 5.72. The van der Waals surface area contributed by atoms with Gasteiger partial charge in [-0.3, -0.25) is 23.7 Å². The van der Waals surface area contributed by atoms with Gasteiger partial charge < -0.3 is 15.5 Å². The molecule has 3 amide bonds. The first-order chi connectivity index (χ1) is 14.8. The summed E-state index contributed by atoms with van der Waals surface area (Å²) in [4.78, 5) is 49.9. The Labute approximate surface area is 183 Å². The Kier molecular flexibility index (Phi) is 7.19. The van der Waals surface area contributed by atoms with Gasteiger partial charge in [-0.25, -0.2) is 0 Å². The molecular weight excluding hydrogens is 416 g/mol. The lowest BCUT2D eigenvalue weighted by molar-refractivity contribution is -0.136. The van der Waals surface area contributed by atoms with Gasteiger partial charge in [0.2, 0.25) is 5.91 Å². The fourth-order valence-electron chi connectivity index (χ4n) is 2.97. The lowest BCUT2D eigenvalue weighted by Crippen LogP contribution is -2.38. The number of thiazole rings is 1. The molecule has 1 heterocycles. The monoisotopic (exact) mass is 440 g/mol. The highest BCUT2D eigenvalue weighted by atomic mass is 32.1. The molecule has 0 atom stereocenters. The molecule has 162 valence electrons. The van der Waals surface area contributed by atoms with Crippen LogP contribution in [0.3, 0.4) is 0 Å². The highest BCUT2D eigenvalue weighted by Crippen LogP contribution is 2.16. The maximum atomic E-state index is 12.5. The van der Waals surface area contributed by atoms with Crippen molar-refractivity contribution in [3.63, 3.8) is 0 Å². The number of benzene rings is 2. The van der Waals surface area contributed by atoms with Gasteiger partial charge in [-0.2, -0.15) is 0 Å². The number of aromatic nitrogens is 1. The van der Waals surface area contributed by atoms with E-state index in [1.54, 1.807) is 19.2 Å². The standard InChI is InChI=1S/C22H24N4O4S/c1-15-8-10-16(11-9-15)24-21(29)20(28)23-12-5-13-25(2)19(27)14-26-17-6-3-4-7-18(17)31-22(26)30/h3-4,6-11H,5,12-14H2,1-2H3,(H,23,28)(H,24,29). The van der Waals surface area contributed by atoms with Crippen LogP contribution in [0.2, 0.25) is 0 Å². The van der Waals surface area contributed by atoms with Gasteiger partial charge in [0.1, 0.15) is 6.54 Å². The Morgan fingerprint density at radius 3 is 2.48 bits per heavy atom. The molecule has 3 rings (SSSR count). The molecule has 3 aromatic rings. The minimum atomic E-state index is -0.739. The Hall–Kier alpha value is -3.46. The van der Waals surface area contributed by atoms with Crippen LogP contribution in [-0.4, -0.2) is 47.3 Å². The number of nitrogens with zero attached hydrogens (tertiary/aromatic N) is 2. The molecule has 1 aromatic heterocycles. The molecule has 0 unspecified atom stereocenters. The van der Waals surface area contributed by atoms with Gasteiger partial charge >= 0.3 is 16.7 Å². The second-order valence-corrected chi connectivity index (χ2v) is 8.16. The number of aryl methyl sites for hydroxylation is 1. The first-order valence-electron chi connectivity index (χ1n) is 9.83. The third-order valence-electron chi connectivity index (χ3n) is 4.76. The van der Waals surface area contributed by atoms with Crippen LogP contribution in [0.1, 0.15) is 12.0 Å². The summed E-state index contributed by atoms with van der Waals surface area (Å²) >= 11 is 1.11. The fourth-order valence-corrected chi connectivity index (χ4v) is 3.86. The highest BCUT2D eigenvalue weighted by Gasteiger charge is 2.15. The number of hydrogen-bond acceptors (Lipinski definition) is 5. The maximum absolute atomic E-state index is 12.5. The molecule has 0 spiro atoms. The zero-order valence-electron chi connectivity index (χ0n) is 17.4. The number of rotatable bonds is 7. The van der Waals surface area contributed by atoms with Crippen molar-refractivity contribution in [1.29, 1.82) is 0 Å². The van der Waals surface area contributed by atoms with Gasteiger partial charge in [0.25, 0.3) is 0 Å². The first-order valence-corrected chi connectivity index (χ1v) is 10.6. The Morgan fingerprint density at radius 1 is 1.03 bits per heavy atom. The minimum Gasteiger partial charge on any atom is -0.348 e.